The highest BCUT2D eigenvalue weighted by atomic mass is 16.7. The van der Waals surface area contributed by atoms with E-state index in [-0.39, 0.29) is 42.2 Å². The zero-order chi connectivity index (χ0) is 36.7. The molecule has 0 bridgehead atoms. The summed E-state index contributed by atoms with van der Waals surface area (Å²) in [5.74, 6) is -2.18. The van der Waals surface area contributed by atoms with Gasteiger partial charge in [-0.1, -0.05) is 34.6 Å². The second-order valence-corrected chi connectivity index (χ2v) is 16.0. The molecule has 48 heavy (non-hydrogen) atoms. The van der Waals surface area contributed by atoms with Crippen LogP contribution in [0.4, 0.5) is 0 Å². The second-order valence-electron chi connectivity index (χ2n) is 16.0. The monoisotopic (exact) mass is 687 g/mol. The molecule has 11 nitrogen and oxygen atoms in total. The van der Waals surface area contributed by atoms with Crippen molar-refractivity contribution in [2.24, 2.45) is 29.6 Å². The molecule has 0 saturated carbocycles. The van der Waals surface area contributed by atoms with Crippen molar-refractivity contribution in [3.63, 3.8) is 0 Å². The lowest BCUT2D eigenvalue weighted by molar-refractivity contribution is -0.264. The molecule has 0 aliphatic carbocycles. The summed E-state index contributed by atoms with van der Waals surface area (Å²) < 4.78 is 29.4. The third-order valence-corrected chi connectivity index (χ3v) is 10.9. The first-order valence-electron chi connectivity index (χ1n) is 18.2. The van der Waals surface area contributed by atoms with Gasteiger partial charge in [0.15, 0.2) is 12.6 Å². The van der Waals surface area contributed by atoms with Crippen LogP contribution >= 0.6 is 0 Å². The molecule has 0 aromatic rings. The number of aliphatic hydroxyl groups is 3. The van der Waals surface area contributed by atoms with E-state index in [0.717, 1.165) is 25.7 Å². The lowest BCUT2D eigenvalue weighted by Gasteiger charge is -2.43. The molecule has 11 heteroatoms. The van der Waals surface area contributed by atoms with Gasteiger partial charge in [-0.05, 0) is 86.2 Å². The summed E-state index contributed by atoms with van der Waals surface area (Å²) in [7, 11) is 5.76. The number of Topliss-reactive ketones (excluding diaryl/α,β-unsaturated/α-hetero) is 1. The number of esters is 1. The molecule has 3 fully saturated rings. The number of cyclic esters (lactones) is 1. The summed E-state index contributed by atoms with van der Waals surface area (Å²) in [5.41, 5.74) is -2.18. The Bertz CT molecular complexity index is 999. The molecule has 282 valence electrons. The lowest BCUT2D eigenvalue weighted by Crippen LogP contribution is -2.56. The molecule has 15 atom stereocenters. The van der Waals surface area contributed by atoms with Crippen LogP contribution in [0, 0.1) is 29.6 Å². The minimum Gasteiger partial charge on any atom is -0.459 e. The third kappa shape index (κ3) is 11.7. The number of ketones is 1. The predicted molar refractivity (Wildman–Crippen MR) is 184 cm³/mol. The van der Waals surface area contributed by atoms with E-state index in [4.69, 9.17) is 23.7 Å². The Morgan fingerprint density at radius 3 is 2.04 bits per heavy atom. The van der Waals surface area contributed by atoms with Gasteiger partial charge in [-0.25, -0.2) is 0 Å². The number of ether oxygens (including phenoxy) is 5. The molecule has 0 radical (unpaired) electrons. The maximum Gasteiger partial charge on any atom is 0.311 e. The van der Waals surface area contributed by atoms with E-state index in [1.165, 1.54) is 6.92 Å². The van der Waals surface area contributed by atoms with Gasteiger partial charge in [-0.2, -0.15) is 0 Å². The zero-order valence-electron chi connectivity index (χ0n) is 32.1. The van der Waals surface area contributed by atoms with Crippen LogP contribution in [0.3, 0.4) is 0 Å². The number of methoxy groups -OCH3 is 1. The number of carbonyl (C=O) groups is 2. The summed E-state index contributed by atoms with van der Waals surface area (Å²) in [5, 5.41) is 31.6. The summed E-state index contributed by atoms with van der Waals surface area (Å²) in [4.78, 5) is 28.8. The fourth-order valence-corrected chi connectivity index (χ4v) is 7.96. The molecule has 0 spiro atoms. The van der Waals surface area contributed by atoms with E-state index in [1.54, 1.807) is 27.9 Å². The van der Waals surface area contributed by atoms with Crippen LogP contribution in [0.5, 0.6) is 0 Å². The van der Waals surface area contributed by atoms with Gasteiger partial charge in [0.1, 0.15) is 17.5 Å². The Morgan fingerprint density at radius 1 is 0.875 bits per heavy atom. The SMILES string of the molecule is CC1CC(N(C)C)CC(O)O1.CCC1OC(=O)C(C)C(O[C@H]2C[C@@](C)(OC)CC(C)O2)C(C)CC(C)C[C@@H](C)C(=O)[C@H](C)[C@@H](O)[C@]1(C)O. The molecule has 3 aliphatic rings. The standard InChI is InChI=1S/C29H52O8.C8H17NO2/c1-11-22-29(9,33)26(31)20(6)24(30)17(3)12-16(2)13-18(4)25(21(7)27(32)36-22)37-23-15-28(8,34-10)14-19(5)35-23;1-6-4-7(9(2)3)5-8(10)11-6/h16-23,25-26,31,33H,11-15H2,1-10H3;6-8,10H,4-5H2,1-3H3/t16?,17-,18?,19?,20+,21?,22?,23+,25?,26-,28+,29-;/m1./s1. The molecule has 0 aromatic heterocycles. The van der Waals surface area contributed by atoms with E-state index in [0.29, 0.717) is 18.9 Å². The van der Waals surface area contributed by atoms with Crippen molar-refractivity contribution in [2.45, 2.75) is 175 Å². The fourth-order valence-electron chi connectivity index (χ4n) is 7.96. The van der Waals surface area contributed by atoms with Crippen LogP contribution in [0.15, 0.2) is 0 Å². The van der Waals surface area contributed by atoms with Crippen LogP contribution < -0.4 is 0 Å². The van der Waals surface area contributed by atoms with Crippen molar-refractivity contribution in [2.75, 3.05) is 21.2 Å². The van der Waals surface area contributed by atoms with Gasteiger partial charge in [-0.3, -0.25) is 9.59 Å². The zero-order valence-corrected chi connectivity index (χ0v) is 32.1. The molecule has 9 unspecified atom stereocenters. The quantitative estimate of drug-likeness (QED) is 0.346. The fraction of sp³-hybridized carbons (Fsp3) is 0.946. The molecule has 3 N–H and O–H groups in total. The minimum absolute atomic E-state index is 0.0268. The average Bonchev–Trinajstić information content (AvgIpc) is 2.99. The number of nitrogens with zero attached hydrogens (tertiary/aromatic N) is 1. The Morgan fingerprint density at radius 2 is 1.50 bits per heavy atom. The first-order chi connectivity index (χ1) is 22.1. The first kappa shape index (κ1) is 43.0. The van der Waals surface area contributed by atoms with Gasteiger partial charge in [0.25, 0.3) is 0 Å². The van der Waals surface area contributed by atoms with Crippen molar-refractivity contribution in [3.8, 4) is 0 Å². The van der Waals surface area contributed by atoms with E-state index in [2.05, 4.69) is 18.7 Å². The number of hydrogen-bond donors (Lipinski definition) is 3. The molecule has 0 aromatic carbocycles. The number of hydrogen-bond acceptors (Lipinski definition) is 11. The van der Waals surface area contributed by atoms with Crippen LogP contribution in [0.2, 0.25) is 0 Å². The van der Waals surface area contributed by atoms with Gasteiger partial charge < -0.3 is 43.9 Å². The van der Waals surface area contributed by atoms with Crippen molar-refractivity contribution >= 4 is 11.8 Å². The third-order valence-electron chi connectivity index (χ3n) is 10.9. The molecule has 3 aliphatic heterocycles. The molecule has 3 rings (SSSR count). The number of rotatable bonds is 5. The lowest BCUT2D eigenvalue weighted by atomic mass is 9.76. The molecular formula is C37H69NO10. The van der Waals surface area contributed by atoms with Gasteiger partial charge >= 0.3 is 5.97 Å². The van der Waals surface area contributed by atoms with Crippen LogP contribution in [0.1, 0.15) is 114 Å². The van der Waals surface area contributed by atoms with Crippen molar-refractivity contribution in [1.29, 1.82) is 0 Å². The Balaban J connectivity index is 0.000000613. The summed E-state index contributed by atoms with van der Waals surface area (Å²) in [6.07, 6.45) is 0.866. The van der Waals surface area contributed by atoms with Crippen LogP contribution in [-0.2, 0) is 33.3 Å². The van der Waals surface area contributed by atoms with Crippen molar-refractivity contribution in [1.82, 2.24) is 4.90 Å². The van der Waals surface area contributed by atoms with E-state index >= 15 is 0 Å². The second kappa shape index (κ2) is 18.4. The Hall–Kier alpha value is -1.18. The van der Waals surface area contributed by atoms with E-state index in [1.807, 2.05) is 41.8 Å². The van der Waals surface area contributed by atoms with Gasteiger partial charge in [-0.15, -0.1) is 0 Å². The molecule has 3 heterocycles. The smallest absolute Gasteiger partial charge is 0.311 e. The highest BCUT2D eigenvalue weighted by Crippen LogP contribution is 2.37. The van der Waals surface area contributed by atoms with E-state index < -0.39 is 59.9 Å². The predicted octanol–water partition coefficient (Wildman–Crippen LogP) is 4.71. The van der Waals surface area contributed by atoms with Crippen molar-refractivity contribution in [3.05, 3.63) is 0 Å². The number of aliphatic hydroxyl groups excluding tert-OH is 2. The highest BCUT2D eigenvalue weighted by Gasteiger charge is 2.47. The maximum atomic E-state index is 13.4. The maximum absolute atomic E-state index is 13.4. The number of carbonyl (C=O) groups excluding carboxylic acids is 2. The summed E-state index contributed by atoms with van der Waals surface area (Å²) in [6, 6.07) is 0.466. The summed E-state index contributed by atoms with van der Waals surface area (Å²) >= 11 is 0. The van der Waals surface area contributed by atoms with Crippen LogP contribution in [-0.4, -0.2) is 114 Å². The van der Waals surface area contributed by atoms with Crippen molar-refractivity contribution < 1.29 is 48.6 Å². The molecule has 3 saturated heterocycles. The van der Waals surface area contributed by atoms with Crippen LogP contribution in [0.25, 0.3) is 0 Å². The van der Waals surface area contributed by atoms with Gasteiger partial charge in [0, 0.05) is 44.2 Å². The topological polar surface area (TPSA) is 144 Å². The first-order valence-corrected chi connectivity index (χ1v) is 18.2. The van der Waals surface area contributed by atoms with Gasteiger partial charge in [0.2, 0.25) is 0 Å². The summed E-state index contributed by atoms with van der Waals surface area (Å²) in [6.45, 7) is 18.7. The molecule has 0 amide bonds. The average molecular weight is 688 g/mol. The Kier molecular flexibility index (Phi) is 16.4. The van der Waals surface area contributed by atoms with E-state index in [9.17, 15) is 24.9 Å². The molecular weight excluding hydrogens is 618 g/mol. The largest absolute Gasteiger partial charge is 0.459 e. The van der Waals surface area contributed by atoms with Gasteiger partial charge in [0.05, 0.1) is 35.9 Å². The highest BCUT2D eigenvalue weighted by molar-refractivity contribution is 5.83. The normalized spacial score (nSPS) is 45.5. The minimum atomic E-state index is -1.79. The Labute approximate surface area is 290 Å².